The molecule has 6 heteroatoms. The number of aryl methyl sites for hydroxylation is 3. The predicted octanol–water partition coefficient (Wildman–Crippen LogP) is 3.25. The van der Waals surface area contributed by atoms with Crippen molar-refractivity contribution < 1.29 is 8.42 Å². The Bertz CT molecular complexity index is 1100. The maximum absolute atomic E-state index is 12.7. The van der Waals surface area contributed by atoms with Crippen LogP contribution in [0.4, 0.5) is 5.69 Å². The Morgan fingerprint density at radius 3 is 2.38 bits per heavy atom. The molecule has 3 rings (SSSR count). The van der Waals surface area contributed by atoms with Gasteiger partial charge >= 0.3 is 0 Å². The lowest BCUT2D eigenvalue weighted by atomic mass is 10.1. The lowest BCUT2D eigenvalue weighted by Gasteiger charge is -2.12. The zero-order chi connectivity index (χ0) is 17.5. The molecule has 0 saturated carbocycles. The van der Waals surface area contributed by atoms with Gasteiger partial charge in [-0.25, -0.2) is 8.42 Å². The summed E-state index contributed by atoms with van der Waals surface area (Å²) < 4.78 is 28.0. The van der Waals surface area contributed by atoms with Crippen LogP contribution in [0.5, 0.6) is 0 Å². The second kappa shape index (κ2) is 5.79. The molecule has 0 saturated heterocycles. The van der Waals surface area contributed by atoms with E-state index in [2.05, 4.69) is 9.71 Å². The van der Waals surface area contributed by atoms with Gasteiger partial charge in [-0.3, -0.25) is 9.52 Å². The van der Waals surface area contributed by atoms with Crippen molar-refractivity contribution in [2.45, 2.75) is 25.7 Å². The lowest BCUT2D eigenvalue weighted by Crippen LogP contribution is -2.14. The fourth-order valence-electron chi connectivity index (χ4n) is 2.70. The SMILES string of the molecule is Cc1ccc(NS(=O)(=O)c2ccc3[nH]c(=O)cc(C)c3c2)c(C)c1. The molecular weight excluding hydrogens is 324 g/mol. The van der Waals surface area contributed by atoms with E-state index < -0.39 is 10.0 Å². The van der Waals surface area contributed by atoms with E-state index in [0.717, 1.165) is 16.7 Å². The van der Waals surface area contributed by atoms with Crippen molar-refractivity contribution >= 4 is 26.6 Å². The van der Waals surface area contributed by atoms with Gasteiger partial charge in [0.25, 0.3) is 10.0 Å². The molecule has 0 bridgehead atoms. The zero-order valence-corrected chi connectivity index (χ0v) is 14.5. The minimum Gasteiger partial charge on any atom is -0.322 e. The average molecular weight is 342 g/mol. The van der Waals surface area contributed by atoms with Crippen LogP contribution >= 0.6 is 0 Å². The fraction of sp³-hybridized carbons (Fsp3) is 0.167. The van der Waals surface area contributed by atoms with Gasteiger partial charge in [-0.1, -0.05) is 17.7 Å². The molecule has 0 amide bonds. The number of hydrogen-bond donors (Lipinski definition) is 2. The number of anilines is 1. The molecule has 0 radical (unpaired) electrons. The maximum Gasteiger partial charge on any atom is 0.261 e. The van der Waals surface area contributed by atoms with Crippen molar-refractivity contribution in [2.24, 2.45) is 0 Å². The second-order valence-electron chi connectivity index (χ2n) is 5.95. The molecule has 0 aliphatic carbocycles. The van der Waals surface area contributed by atoms with E-state index in [0.29, 0.717) is 16.6 Å². The number of benzene rings is 2. The Labute approximate surface area is 140 Å². The second-order valence-corrected chi connectivity index (χ2v) is 7.63. The third-order valence-electron chi connectivity index (χ3n) is 3.96. The first-order chi connectivity index (χ1) is 11.3. The van der Waals surface area contributed by atoms with E-state index in [4.69, 9.17) is 0 Å². The van der Waals surface area contributed by atoms with Gasteiger partial charge in [-0.05, 0) is 56.2 Å². The third kappa shape index (κ3) is 3.05. The molecule has 1 heterocycles. The van der Waals surface area contributed by atoms with Crippen molar-refractivity contribution in [3.05, 3.63) is 69.5 Å². The largest absolute Gasteiger partial charge is 0.322 e. The highest BCUT2D eigenvalue weighted by Crippen LogP contribution is 2.23. The number of fused-ring (bicyclic) bond motifs is 1. The molecule has 1 aromatic heterocycles. The minimum atomic E-state index is -3.71. The van der Waals surface area contributed by atoms with Gasteiger partial charge in [0.05, 0.1) is 10.6 Å². The fourth-order valence-corrected chi connectivity index (χ4v) is 3.86. The Balaban J connectivity index is 2.06. The molecule has 2 N–H and O–H groups in total. The van der Waals surface area contributed by atoms with Gasteiger partial charge in [-0.2, -0.15) is 0 Å². The summed E-state index contributed by atoms with van der Waals surface area (Å²) in [6.07, 6.45) is 0. The Kier molecular flexibility index (Phi) is 3.93. The van der Waals surface area contributed by atoms with Crippen LogP contribution in [0.2, 0.25) is 0 Å². The lowest BCUT2D eigenvalue weighted by molar-refractivity contribution is 0.601. The van der Waals surface area contributed by atoms with Gasteiger partial charge in [-0.15, -0.1) is 0 Å². The van der Waals surface area contributed by atoms with E-state index >= 15 is 0 Å². The number of sulfonamides is 1. The van der Waals surface area contributed by atoms with Crippen molar-refractivity contribution in [3.8, 4) is 0 Å². The third-order valence-corrected chi connectivity index (χ3v) is 5.32. The molecule has 124 valence electrons. The Hall–Kier alpha value is -2.60. The molecular formula is C18H18N2O3S. The van der Waals surface area contributed by atoms with Crippen molar-refractivity contribution in [3.63, 3.8) is 0 Å². The number of aromatic nitrogens is 1. The number of pyridine rings is 1. The maximum atomic E-state index is 12.7. The molecule has 2 aromatic carbocycles. The van der Waals surface area contributed by atoms with Crippen LogP contribution in [-0.2, 0) is 10.0 Å². The molecule has 5 nitrogen and oxygen atoms in total. The van der Waals surface area contributed by atoms with Gasteiger partial charge in [0.15, 0.2) is 0 Å². The standard InChI is InChI=1S/C18H18N2O3S/c1-11-4-6-16(13(3)8-11)20-24(22,23)14-5-7-17-15(10-14)12(2)9-18(21)19-17/h4-10,20H,1-3H3,(H,19,21). The summed E-state index contributed by atoms with van der Waals surface area (Å²) >= 11 is 0. The highest BCUT2D eigenvalue weighted by atomic mass is 32.2. The molecule has 24 heavy (non-hydrogen) atoms. The van der Waals surface area contributed by atoms with E-state index in [-0.39, 0.29) is 10.5 Å². The number of H-pyrrole nitrogens is 1. The van der Waals surface area contributed by atoms with E-state index in [1.54, 1.807) is 25.1 Å². The van der Waals surface area contributed by atoms with Gasteiger partial charge < -0.3 is 4.98 Å². The molecule has 0 aliphatic rings. The predicted molar refractivity (Wildman–Crippen MR) is 96.0 cm³/mol. The first-order valence-corrected chi connectivity index (χ1v) is 8.98. The van der Waals surface area contributed by atoms with E-state index in [1.807, 2.05) is 26.0 Å². The summed E-state index contributed by atoms with van der Waals surface area (Å²) in [5.74, 6) is 0. The number of aromatic amines is 1. The van der Waals surface area contributed by atoms with E-state index in [1.165, 1.54) is 12.1 Å². The van der Waals surface area contributed by atoms with Crippen molar-refractivity contribution in [1.82, 2.24) is 4.98 Å². The minimum absolute atomic E-state index is 0.158. The van der Waals surface area contributed by atoms with Crippen LogP contribution in [-0.4, -0.2) is 13.4 Å². The first-order valence-electron chi connectivity index (χ1n) is 7.50. The number of hydrogen-bond acceptors (Lipinski definition) is 3. The molecule has 0 spiro atoms. The number of nitrogens with one attached hydrogen (secondary N) is 2. The number of rotatable bonds is 3. The monoisotopic (exact) mass is 342 g/mol. The molecule has 0 atom stereocenters. The Morgan fingerprint density at radius 2 is 1.67 bits per heavy atom. The average Bonchev–Trinajstić information content (AvgIpc) is 2.49. The summed E-state index contributed by atoms with van der Waals surface area (Å²) in [6, 6.07) is 11.7. The first kappa shape index (κ1) is 16.3. The topological polar surface area (TPSA) is 79.0 Å². The highest BCUT2D eigenvalue weighted by molar-refractivity contribution is 7.92. The quantitative estimate of drug-likeness (QED) is 0.767. The van der Waals surface area contributed by atoms with Crippen LogP contribution in [0, 0.1) is 20.8 Å². The van der Waals surface area contributed by atoms with Crippen LogP contribution in [0.3, 0.4) is 0 Å². The van der Waals surface area contributed by atoms with Crippen LogP contribution in [0.25, 0.3) is 10.9 Å². The zero-order valence-electron chi connectivity index (χ0n) is 13.7. The smallest absolute Gasteiger partial charge is 0.261 e. The molecule has 0 aliphatic heterocycles. The summed E-state index contributed by atoms with van der Waals surface area (Å²) in [7, 11) is -3.71. The van der Waals surface area contributed by atoms with Gasteiger partial charge in [0, 0.05) is 17.0 Å². The van der Waals surface area contributed by atoms with E-state index in [9.17, 15) is 13.2 Å². The Morgan fingerprint density at radius 1 is 0.917 bits per heavy atom. The van der Waals surface area contributed by atoms with Gasteiger partial charge in [0.2, 0.25) is 5.56 Å². The normalized spacial score (nSPS) is 11.6. The summed E-state index contributed by atoms with van der Waals surface area (Å²) in [6.45, 7) is 5.60. The summed E-state index contributed by atoms with van der Waals surface area (Å²) in [4.78, 5) is 14.4. The van der Waals surface area contributed by atoms with Crippen LogP contribution in [0.1, 0.15) is 16.7 Å². The van der Waals surface area contributed by atoms with Crippen LogP contribution < -0.4 is 10.3 Å². The molecule has 0 unspecified atom stereocenters. The van der Waals surface area contributed by atoms with Gasteiger partial charge in [0.1, 0.15) is 0 Å². The molecule has 3 aromatic rings. The van der Waals surface area contributed by atoms with Crippen molar-refractivity contribution in [2.75, 3.05) is 4.72 Å². The van der Waals surface area contributed by atoms with Crippen LogP contribution in [0.15, 0.2) is 52.2 Å². The summed E-state index contributed by atoms with van der Waals surface area (Å²) in [5.41, 5.74) is 3.63. The highest BCUT2D eigenvalue weighted by Gasteiger charge is 2.16. The molecule has 0 fully saturated rings. The summed E-state index contributed by atoms with van der Waals surface area (Å²) in [5, 5.41) is 0.707. The van der Waals surface area contributed by atoms with Crippen molar-refractivity contribution in [1.29, 1.82) is 0 Å².